The molecule has 0 radical (unpaired) electrons. The fourth-order valence-electron chi connectivity index (χ4n) is 3.57. The van der Waals surface area contributed by atoms with E-state index in [4.69, 9.17) is 4.74 Å². The van der Waals surface area contributed by atoms with E-state index in [9.17, 15) is 15.2 Å². The van der Waals surface area contributed by atoms with E-state index in [1.165, 1.54) is 18.3 Å². The van der Waals surface area contributed by atoms with Gasteiger partial charge in [-0.2, -0.15) is 0 Å². The quantitative estimate of drug-likeness (QED) is 0.363. The number of phenols is 1. The van der Waals surface area contributed by atoms with E-state index in [0.717, 1.165) is 37.6 Å². The first-order valence-electron chi connectivity index (χ1n) is 10.1. The maximum atomic E-state index is 11.4. The SMILES string of the molecule is O=[N+]([O-])c1cc(C=Nc2ccc(N3CCOCC3)cc2)c(O)c(Cc2ccccc2)c1. The van der Waals surface area contributed by atoms with Gasteiger partial charge in [0.25, 0.3) is 5.69 Å². The van der Waals surface area contributed by atoms with Crippen LogP contribution < -0.4 is 4.90 Å². The average Bonchev–Trinajstić information content (AvgIpc) is 2.81. The molecule has 0 spiro atoms. The number of hydrogen-bond acceptors (Lipinski definition) is 6. The fraction of sp³-hybridized carbons (Fsp3) is 0.208. The molecule has 0 unspecified atom stereocenters. The number of nitrogens with zero attached hydrogens (tertiary/aromatic N) is 3. The Labute approximate surface area is 180 Å². The number of anilines is 1. The second-order valence-electron chi connectivity index (χ2n) is 7.34. The number of benzene rings is 3. The molecule has 4 rings (SSSR count). The van der Waals surface area contributed by atoms with Crippen molar-refractivity contribution in [3.05, 3.63) is 93.5 Å². The van der Waals surface area contributed by atoms with Crippen LogP contribution in [0, 0.1) is 10.1 Å². The van der Waals surface area contributed by atoms with E-state index >= 15 is 0 Å². The van der Waals surface area contributed by atoms with Crippen molar-refractivity contribution in [2.24, 2.45) is 4.99 Å². The monoisotopic (exact) mass is 417 g/mol. The predicted molar refractivity (Wildman–Crippen MR) is 121 cm³/mol. The van der Waals surface area contributed by atoms with Crippen molar-refractivity contribution in [3.8, 4) is 5.75 Å². The normalized spacial score (nSPS) is 14.1. The van der Waals surface area contributed by atoms with Gasteiger partial charge in [0.05, 0.1) is 23.8 Å². The van der Waals surface area contributed by atoms with Gasteiger partial charge >= 0.3 is 0 Å². The Morgan fingerprint density at radius 1 is 1.06 bits per heavy atom. The molecule has 158 valence electrons. The topological polar surface area (TPSA) is 88.2 Å². The Bertz CT molecular complexity index is 1080. The molecule has 0 atom stereocenters. The molecule has 1 heterocycles. The Morgan fingerprint density at radius 2 is 1.77 bits per heavy atom. The lowest BCUT2D eigenvalue weighted by Gasteiger charge is -2.28. The molecule has 7 heteroatoms. The van der Waals surface area contributed by atoms with Gasteiger partial charge in [0.2, 0.25) is 0 Å². The summed E-state index contributed by atoms with van der Waals surface area (Å²) in [7, 11) is 0. The Hall–Kier alpha value is -3.71. The zero-order valence-corrected chi connectivity index (χ0v) is 17.0. The molecule has 1 saturated heterocycles. The third kappa shape index (κ3) is 5.07. The summed E-state index contributed by atoms with van der Waals surface area (Å²) in [5.41, 5.74) is 3.49. The molecular weight excluding hydrogens is 394 g/mol. The lowest BCUT2D eigenvalue weighted by molar-refractivity contribution is -0.384. The van der Waals surface area contributed by atoms with Crippen molar-refractivity contribution in [1.29, 1.82) is 0 Å². The molecule has 1 N–H and O–H groups in total. The summed E-state index contributed by atoms with van der Waals surface area (Å²) >= 11 is 0. The van der Waals surface area contributed by atoms with Crippen LogP contribution in [0.3, 0.4) is 0 Å². The minimum atomic E-state index is -0.456. The third-order valence-corrected chi connectivity index (χ3v) is 5.23. The third-order valence-electron chi connectivity index (χ3n) is 5.23. The Kier molecular flexibility index (Phi) is 6.24. The van der Waals surface area contributed by atoms with Crippen molar-refractivity contribution in [1.82, 2.24) is 0 Å². The maximum absolute atomic E-state index is 11.4. The molecule has 3 aromatic rings. The van der Waals surface area contributed by atoms with E-state index in [0.29, 0.717) is 23.2 Å². The van der Waals surface area contributed by atoms with Crippen LogP contribution in [0.4, 0.5) is 17.1 Å². The molecule has 0 aliphatic carbocycles. The average molecular weight is 417 g/mol. The highest BCUT2D eigenvalue weighted by atomic mass is 16.6. The van der Waals surface area contributed by atoms with Crippen molar-refractivity contribution >= 4 is 23.3 Å². The van der Waals surface area contributed by atoms with Gasteiger partial charge in [0.1, 0.15) is 5.75 Å². The number of morpholine rings is 1. The highest BCUT2D eigenvalue weighted by molar-refractivity contribution is 5.87. The maximum Gasteiger partial charge on any atom is 0.270 e. The number of rotatable bonds is 6. The number of phenolic OH excluding ortho intramolecular Hbond substituents is 1. The molecular formula is C24H23N3O4. The van der Waals surface area contributed by atoms with Gasteiger partial charge in [-0.05, 0) is 29.8 Å². The van der Waals surface area contributed by atoms with Crippen LogP contribution in [0.25, 0.3) is 0 Å². The van der Waals surface area contributed by atoms with E-state index in [1.807, 2.05) is 54.6 Å². The molecule has 1 fully saturated rings. The summed E-state index contributed by atoms with van der Waals surface area (Å²) in [6.07, 6.45) is 1.87. The van der Waals surface area contributed by atoms with E-state index < -0.39 is 4.92 Å². The number of nitro groups is 1. The summed E-state index contributed by atoms with van der Waals surface area (Å²) in [5.74, 6) is 0.00291. The lowest BCUT2D eigenvalue weighted by Crippen LogP contribution is -2.36. The van der Waals surface area contributed by atoms with Gasteiger partial charge in [-0.3, -0.25) is 15.1 Å². The second kappa shape index (κ2) is 9.40. The molecule has 0 bridgehead atoms. The van der Waals surface area contributed by atoms with Gasteiger partial charge in [-0.1, -0.05) is 30.3 Å². The molecule has 1 aliphatic rings. The van der Waals surface area contributed by atoms with Crippen LogP contribution in [0.15, 0.2) is 71.7 Å². The highest BCUT2D eigenvalue weighted by Gasteiger charge is 2.16. The second-order valence-corrected chi connectivity index (χ2v) is 7.34. The summed E-state index contributed by atoms with van der Waals surface area (Å²) < 4.78 is 5.38. The van der Waals surface area contributed by atoms with Gasteiger partial charge < -0.3 is 14.7 Å². The minimum Gasteiger partial charge on any atom is -0.507 e. The van der Waals surface area contributed by atoms with Crippen LogP contribution in [-0.2, 0) is 11.2 Å². The number of aliphatic imine (C=N–C) groups is 1. The van der Waals surface area contributed by atoms with Crippen molar-refractivity contribution in [2.45, 2.75) is 6.42 Å². The molecule has 3 aromatic carbocycles. The van der Waals surface area contributed by atoms with Crippen LogP contribution in [0.2, 0.25) is 0 Å². The number of hydrogen-bond donors (Lipinski definition) is 1. The van der Waals surface area contributed by atoms with Gasteiger partial charge in [-0.15, -0.1) is 0 Å². The van der Waals surface area contributed by atoms with Crippen molar-refractivity contribution in [2.75, 3.05) is 31.2 Å². The van der Waals surface area contributed by atoms with Crippen LogP contribution >= 0.6 is 0 Å². The van der Waals surface area contributed by atoms with Crippen LogP contribution in [0.1, 0.15) is 16.7 Å². The van der Waals surface area contributed by atoms with Crippen molar-refractivity contribution in [3.63, 3.8) is 0 Å². The minimum absolute atomic E-state index is 0.00291. The Morgan fingerprint density at radius 3 is 2.45 bits per heavy atom. The Balaban J connectivity index is 1.58. The smallest absolute Gasteiger partial charge is 0.270 e. The van der Waals surface area contributed by atoms with Crippen LogP contribution in [0.5, 0.6) is 5.75 Å². The zero-order chi connectivity index (χ0) is 21.6. The standard InChI is InChI=1S/C24H23N3O4/c28-24-19(14-18-4-2-1-3-5-18)15-23(27(29)30)16-20(24)17-25-21-6-8-22(9-7-21)26-10-12-31-13-11-26/h1-9,15-17,28H,10-14H2. The molecule has 7 nitrogen and oxygen atoms in total. The van der Waals surface area contributed by atoms with Gasteiger partial charge in [-0.25, -0.2) is 0 Å². The molecule has 31 heavy (non-hydrogen) atoms. The molecule has 0 aromatic heterocycles. The summed E-state index contributed by atoms with van der Waals surface area (Å²) in [5, 5.41) is 22.1. The van der Waals surface area contributed by atoms with Crippen LogP contribution in [-0.4, -0.2) is 42.5 Å². The first-order valence-corrected chi connectivity index (χ1v) is 10.1. The van der Waals surface area contributed by atoms with E-state index in [-0.39, 0.29) is 11.4 Å². The largest absolute Gasteiger partial charge is 0.507 e. The van der Waals surface area contributed by atoms with Gasteiger partial charge in [0.15, 0.2) is 0 Å². The van der Waals surface area contributed by atoms with Crippen molar-refractivity contribution < 1.29 is 14.8 Å². The first kappa shape index (κ1) is 20.6. The van der Waals surface area contributed by atoms with E-state index in [2.05, 4.69) is 9.89 Å². The molecule has 0 saturated carbocycles. The number of non-ortho nitro benzene ring substituents is 1. The summed E-state index contributed by atoms with van der Waals surface area (Å²) in [6.45, 7) is 3.15. The summed E-state index contributed by atoms with van der Waals surface area (Å²) in [6, 6.07) is 20.0. The molecule has 0 amide bonds. The lowest BCUT2D eigenvalue weighted by atomic mass is 10.0. The highest BCUT2D eigenvalue weighted by Crippen LogP contribution is 2.30. The number of aromatic hydroxyl groups is 1. The first-order chi connectivity index (χ1) is 15.1. The predicted octanol–water partition coefficient (Wildman–Crippen LogP) is 4.48. The summed E-state index contributed by atoms with van der Waals surface area (Å²) in [4.78, 5) is 17.6. The fourth-order valence-corrected chi connectivity index (χ4v) is 3.57. The molecule has 1 aliphatic heterocycles. The number of nitro benzene ring substituents is 1. The number of ether oxygens (including phenoxy) is 1. The zero-order valence-electron chi connectivity index (χ0n) is 17.0. The van der Waals surface area contributed by atoms with E-state index in [1.54, 1.807) is 0 Å². The van der Waals surface area contributed by atoms with Gasteiger partial charge in [0, 0.05) is 54.7 Å².